The van der Waals surface area contributed by atoms with Gasteiger partial charge in [0.2, 0.25) is 0 Å². The van der Waals surface area contributed by atoms with Gasteiger partial charge in [0.15, 0.2) is 0 Å². The molecule has 4 heteroatoms. The van der Waals surface area contributed by atoms with Crippen LogP contribution in [0.2, 0.25) is 0 Å². The molecule has 0 rings (SSSR count). The Hall–Kier alpha value is 0.880. The molecule has 0 aliphatic carbocycles. The van der Waals surface area contributed by atoms with Crippen LogP contribution < -0.4 is 34.0 Å². The average molecular weight is 559 g/mol. The molecule has 0 aromatic rings. The fraction of sp³-hybridized carbons (Fsp3) is 1.00. The summed E-state index contributed by atoms with van der Waals surface area (Å²) in [7, 11) is 0. The zero-order chi connectivity index (χ0) is 21.1. The van der Waals surface area contributed by atoms with Crippen LogP contribution in [0.4, 0.5) is 0 Å². The van der Waals surface area contributed by atoms with E-state index >= 15 is 0 Å². The van der Waals surface area contributed by atoms with Crippen molar-refractivity contribution >= 4 is 0 Å². The number of nitrogens with zero attached hydrogens (tertiary/aromatic N) is 2. The molecule has 0 saturated heterocycles. The predicted molar refractivity (Wildman–Crippen MR) is 129 cm³/mol. The number of hydrogen-bond acceptors (Lipinski definition) is 0. The minimum Gasteiger partial charge on any atom is -1.00 e. The maximum Gasteiger partial charge on any atom is 0.0786 e. The van der Waals surface area contributed by atoms with Gasteiger partial charge in [0, 0.05) is 0 Å². The van der Waals surface area contributed by atoms with Crippen LogP contribution in [0.15, 0.2) is 0 Å². The van der Waals surface area contributed by atoms with Crippen LogP contribution in [-0.2, 0) is 0 Å². The van der Waals surface area contributed by atoms with Crippen molar-refractivity contribution in [3.8, 4) is 0 Å². The van der Waals surface area contributed by atoms with E-state index in [0.717, 1.165) is 0 Å². The summed E-state index contributed by atoms with van der Waals surface area (Å²) in [5, 5.41) is 0. The van der Waals surface area contributed by atoms with Crippen molar-refractivity contribution in [2.45, 2.75) is 119 Å². The SMILES string of the molecule is CCC[N+](CCC)(CCC)CCCCCCCC[N+](CCC)(CCC)CCC.[Br-].[Br-]. The smallest absolute Gasteiger partial charge is 0.0786 e. The van der Waals surface area contributed by atoms with E-state index in [1.807, 2.05) is 0 Å². The lowest BCUT2D eigenvalue weighted by atomic mass is 10.1. The highest BCUT2D eigenvalue weighted by Crippen LogP contribution is 2.17. The average Bonchev–Trinajstić information content (AvgIpc) is 2.65. The van der Waals surface area contributed by atoms with Crippen molar-refractivity contribution in [1.29, 1.82) is 0 Å². The largest absolute Gasteiger partial charge is 1.00 e. The Morgan fingerprint density at radius 3 is 0.700 bits per heavy atom. The lowest BCUT2D eigenvalue weighted by molar-refractivity contribution is -0.928. The monoisotopic (exact) mass is 556 g/mol. The lowest BCUT2D eigenvalue weighted by Gasteiger charge is -2.39. The number of hydrogen-bond donors (Lipinski definition) is 0. The molecule has 0 unspecified atom stereocenters. The van der Waals surface area contributed by atoms with Gasteiger partial charge in [0.25, 0.3) is 0 Å². The second-order valence-corrected chi connectivity index (χ2v) is 9.59. The van der Waals surface area contributed by atoms with Crippen LogP contribution in [0.1, 0.15) is 119 Å². The molecule has 0 fully saturated rings. The molecule has 186 valence electrons. The second-order valence-electron chi connectivity index (χ2n) is 9.59. The maximum absolute atomic E-state index is 2.37. The molecular weight excluding hydrogens is 500 g/mol. The van der Waals surface area contributed by atoms with Crippen LogP contribution in [-0.4, -0.2) is 61.3 Å². The number of quaternary nitrogens is 2. The van der Waals surface area contributed by atoms with Gasteiger partial charge in [0.1, 0.15) is 0 Å². The standard InChI is InChI=1S/C26H58N2.2BrH/c1-7-19-27(20-8-2,21-9-3)25-17-15-13-14-16-18-26-28(22-10-4,23-11-5)24-12-6;;/h7-26H2,1-6H3;2*1H/q+2;;/p-2. The van der Waals surface area contributed by atoms with Crippen LogP contribution in [0.5, 0.6) is 0 Å². The van der Waals surface area contributed by atoms with Gasteiger partial charge in [-0.1, -0.05) is 54.4 Å². The molecule has 0 spiro atoms. The third-order valence-electron chi connectivity index (χ3n) is 6.70. The number of rotatable bonds is 21. The first-order valence-electron chi connectivity index (χ1n) is 13.3. The minimum absolute atomic E-state index is 0. The van der Waals surface area contributed by atoms with Gasteiger partial charge in [-0.3, -0.25) is 0 Å². The summed E-state index contributed by atoms with van der Waals surface area (Å²) < 4.78 is 2.79. The Kier molecular flexibility index (Phi) is 27.3. The van der Waals surface area contributed by atoms with E-state index in [9.17, 15) is 0 Å². The molecule has 0 radical (unpaired) electrons. The van der Waals surface area contributed by atoms with Gasteiger partial charge >= 0.3 is 0 Å². The van der Waals surface area contributed by atoms with Crippen molar-refractivity contribution < 1.29 is 42.9 Å². The zero-order valence-electron chi connectivity index (χ0n) is 21.8. The van der Waals surface area contributed by atoms with Crippen molar-refractivity contribution in [1.82, 2.24) is 0 Å². The fourth-order valence-electron chi connectivity index (χ4n) is 5.79. The predicted octanol–water partition coefficient (Wildman–Crippen LogP) is 1.43. The molecule has 0 saturated carbocycles. The third kappa shape index (κ3) is 15.6. The summed E-state index contributed by atoms with van der Waals surface area (Å²) in [6.07, 6.45) is 16.8. The Morgan fingerprint density at radius 2 is 0.500 bits per heavy atom. The van der Waals surface area contributed by atoms with Crippen LogP contribution in [0, 0.1) is 0 Å². The van der Waals surface area contributed by atoms with E-state index in [0.29, 0.717) is 0 Å². The number of unbranched alkanes of at least 4 members (excludes halogenated alkanes) is 5. The highest BCUT2D eigenvalue weighted by Gasteiger charge is 2.24. The van der Waals surface area contributed by atoms with Crippen molar-refractivity contribution in [2.24, 2.45) is 0 Å². The molecule has 0 aromatic heterocycles. The topological polar surface area (TPSA) is 0 Å². The highest BCUT2D eigenvalue weighted by molar-refractivity contribution is 4.51. The molecule has 0 amide bonds. The molecule has 0 bridgehead atoms. The molecule has 0 N–H and O–H groups in total. The Morgan fingerprint density at radius 1 is 0.300 bits per heavy atom. The lowest BCUT2D eigenvalue weighted by Crippen LogP contribution is -3.00. The van der Waals surface area contributed by atoms with Gasteiger partial charge in [-0.15, -0.1) is 0 Å². The van der Waals surface area contributed by atoms with Crippen LogP contribution >= 0.6 is 0 Å². The van der Waals surface area contributed by atoms with E-state index in [-0.39, 0.29) is 34.0 Å². The van der Waals surface area contributed by atoms with Gasteiger partial charge in [-0.25, -0.2) is 0 Å². The zero-order valence-corrected chi connectivity index (χ0v) is 25.0. The number of halogens is 2. The maximum atomic E-state index is 2.37. The quantitative estimate of drug-likeness (QED) is 0.148. The van der Waals surface area contributed by atoms with Gasteiger partial charge in [-0.2, -0.15) is 0 Å². The van der Waals surface area contributed by atoms with E-state index in [4.69, 9.17) is 0 Å². The van der Waals surface area contributed by atoms with Crippen LogP contribution in [0.25, 0.3) is 0 Å². The second kappa shape index (κ2) is 23.1. The molecule has 0 aromatic carbocycles. The minimum atomic E-state index is 0. The summed E-state index contributed by atoms with van der Waals surface area (Å²) in [5.41, 5.74) is 0. The van der Waals surface area contributed by atoms with E-state index in [1.165, 1.54) is 138 Å². The first-order chi connectivity index (χ1) is 13.6. The molecule has 0 aliphatic rings. The summed E-state index contributed by atoms with van der Waals surface area (Å²) >= 11 is 0. The van der Waals surface area contributed by atoms with Crippen molar-refractivity contribution in [2.75, 3.05) is 52.4 Å². The summed E-state index contributed by atoms with van der Waals surface area (Å²) in [6, 6.07) is 0. The molecule has 30 heavy (non-hydrogen) atoms. The first kappa shape index (κ1) is 35.5. The summed E-state index contributed by atoms with van der Waals surface area (Å²) in [6.45, 7) is 25.4. The molecule has 2 nitrogen and oxygen atoms in total. The van der Waals surface area contributed by atoms with Crippen molar-refractivity contribution in [3.05, 3.63) is 0 Å². The molecular formula is C26H58Br2N2. The Labute approximate surface area is 213 Å². The first-order valence-corrected chi connectivity index (χ1v) is 13.3. The molecule has 0 atom stereocenters. The molecule has 0 heterocycles. The van der Waals surface area contributed by atoms with E-state index < -0.39 is 0 Å². The van der Waals surface area contributed by atoms with Crippen molar-refractivity contribution in [3.63, 3.8) is 0 Å². The normalized spacial score (nSPS) is 11.8. The summed E-state index contributed by atoms with van der Waals surface area (Å²) in [5.74, 6) is 0. The van der Waals surface area contributed by atoms with Crippen LogP contribution in [0.3, 0.4) is 0 Å². The molecule has 0 aliphatic heterocycles. The summed E-state index contributed by atoms with van der Waals surface area (Å²) in [4.78, 5) is 0. The Bertz CT molecular complexity index is 271. The third-order valence-corrected chi connectivity index (χ3v) is 6.70. The van der Waals surface area contributed by atoms with Gasteiger partial charge in [0.05, 0.1) is 52.4 Å². The van der Waals surface area contributed by atoms with Gasteiger partial charge in [-0.05, 0) is 64.2 Å². The van der Waals surface area contributed by atoms with Gasteiger partial charge < -0.3 is 42.9 Å². The fourth-order valence-corrected chi connectivity index (χ4v) is 5.79. The van der Waals surface area contributed by atoms with E-state index in [2.05, 4.69) is 41.5 Å². The van der Waals surface area contributed by atoms with E-state index in [1.54, 1.807) is 0 Å². The Balaban J connectivity index is -0.00000364. The highest BCUT2D eigenvalue weighted by atomic mass is 79.9.